The molecule has 0 atom stereocenters. The van der Waals surface area contributed by atoms with Gasteiger partial charge in [0.1, 0.15) is 5.75 Å². The number of benzene rings is 1. The van der Waals surface area contributed by atoms with E-state index in [4.69, 9.17) is 5.73 Å². The number of anilines is 1. The van der Waals surface area contributed by atoms with Gasteiger partial charge in [-0.15, -0.1) is 23.1 Å². The number of rotatable bonds is 1. The molecule has 0 radical (unpaired) electrons. The molecule has 2 nitrogen and oxygen atoms in total. The summed E-state index contributed by atoms with van der Waals surface area (Å²) in [7, 11) is 0. The molecule has 4 heteroatoms. The van der Waals surface area contributed by atoms with Crippen LogP contribution in [0.25, 0.3) is 10.1 Å². The van der Waals surface area contributed by atoms with E-state index < -0.39 is 0 Å². The third-order valence-corrected chi connectivity index (χ3v) is 3.72. The molecule has 1 aromatic carbocycles. The van der Waals surface area contributed by atoms with E-state index in [0.29, 0.717) is 5.75 Å². The lowest BCUT2D eigenvalue weighted by molar-refractivity contribution is 0.470. The first-order valence-corrected chi connectivity index (χ1v) is 5.87. The molecule has 0 saturated carbocycles. The predicted molar refractivity (Wildman–Crippen MR) is 59.7 cm³/mol. The Labute approximate surface area is 84.4 Å². The molecular weight excluding hydrogens is 202 g/mol. The zero-order valence-corrected chi connectivity index (χ0v) is 8.71. The molecule has 0 spiro atoms. The van der Waals surface area contributed by atoms with Gasteiger partial charge in [0, 0.05) is 10.8 Å². The minimum Gasteiger partial charge on any atom is -0.505 e. The number of hydrogen-bond acceptors (Lipinski definition) is 4. The van der Waals surface area contributed by atoms with Crippen molar-refractivity contribution in [3.05, 3.63) is 17.5 Å². The summed E-state index contributed by atoms with van der Waals surface area (Å²) >= 11 is 3.02. The first kappa shape index (κ1) is 8.72. The van der Waals surface area contributed by atoms with E-state index in [-0.39, 0.29) is 0 Å². The molecule has 1 aromatic heterocycles. The molecule has 0 fully saturated rings. The monoisotopic (exact) mass is 211 g/mol. The highest BCUT2D eigenvalue weighted by molar-refractivity contribution is 7.98. The van der Waals surface area contributed by atoms with Crippen LogP contribution in [-0.4, -0.2) is 11.4 Å². The zero-order valence-electron chi connectivity index (χ0n) is 7.07. The van der Waals surface area contributed by atoms with Crippen molar-refractivity contribution in [3.8, 4) is 5.75 Å². The summed E-state index contributed by atoms with van der Waals surface area (Å²) in [5.74, 6) is 0.353. The van der Waals surface area contributed by atoms with E-state index in [1.54, 1.807) is 0 Å². The fourth-order valence-corrected chi connectivity index (χ4v) is 2.72. The van der Waals surface area contributed by atoms with E-state index in [1.165, 1.54) is 23.1 Å². The fourth-order valence-electron chi connectivity index (χ4n) is 1.25. The van der Waals surface area contributed by atoms with Gasteiger partial charge < -0.3 is 10.8 Å². The van der Waals surface area contributed by atoms with Crippen LogP contribution in [0.4, 0.5) is 5.69 Å². The molecule has 68 valence electrons. The van der Waals surface area contributed by atoms with Crippen molar-refractivity contribution in [1.82, 2.24) is 0 Å². The molecule has 0 aliphatic heterocycles. The van der Waals surface area contributed by atoms with E-state index in [1.807, 2.05) is 23.8 Å². The molecule has 0 aliphatic carbocycles. The maximum Gasteiger partial charge on any atom is 0.146 e. The third kappa shape index (κ3) is 1.26. The van der Waals surface area contributed by atoms with Crippen LogP contribution in [0.1, 0.15) is 0 Å². The van der Waals surface area contributed by atoms with Crippen LogP contribution in [0, 0.1) is 0 Å². The van der Waals surface area contributed by atoms with Gasteiger partial charge in [0.25, 0.3) is 0 Å². The van der Waals surface area contributed by atoms with Crippen molar-refractivity contribution in [2.24, 2.45) is 0 Å². The van der Waals surface area contributed by atoms with Crippen LogP contribution in [0.15, 0.2) is 22.4 Å². The van der Waals surface area contributed by atoms with Crippen LogP contribution >= 0.6 is 23.1 Å². The highest BCUT2D eigenvalue weighted by atomic mass is 32.2. The maximum absolute atomic E-state index is 9.80. The normalized spacial score (nSPS) is 10.8. The first-order valence-electron chi connectivity index (χ1n) is 3.76. The number of thiophene rings is 1. The Morgan fingerprint density at radius 2 is 2.23 bits per heavy atom. The number of phenols is 1. The number of hydrogen-bond donors (Lipinski definition) is 2. The Balaban J connectivity index is 2.80. The van der Waals surface area contributed by atoms with Crippen molar-refractivity contribution in [3.63, 3.8) is 0 Å². The predicted octanol–water partition coefficient (Wildman–Crippen LogP) is 2.91. The number of nitrogens with two attached hydrogens (primary N) is 1. The average molecular weight is 211 g/mol. The largest absolute Gasteiger partial charge is 0.505 e. The lowest BCUT2D eigenvalue weighted by Crippen LogP contribution is -1.80. The number of phenolic OH excluding ortho intramolecular Hbond substituents is 1. The van der Waals surface area contributed by atoms with Gasteiger partial charge in [-0.2, -0.15) is 0 Å². The molecule has 0 saturated heterocycles. The molecule has 1 heterocycles. The quantitative estimate of drug-likeness (QED) is 0.713. The molecule has 0 amide bonds. The minimum absolute atomic E-state index is 0.353. The zero-order chi connectivity index (χ0) is 9.42. The number of aromatic hydroxyl groups is 1. The van der Waals surface area contributed by atoms with Crippen molar-refractivity contribution in [2.45, 2.75) is 4.90 Å². The summed E-state index contributed by atoms with van der Waals surface area (Å²) in [6, 6.07) is 3.85. The van der Waals surface area contributed by atoms with E-state index in [9.17, 15) is 5.11 Å². The van der Waals surface area contributed by atoms with Crippen molar-refractivity contribution < 1.29 is 5.11 Å². The molecule has 13 heavy (non-hydrogen) atoms. The summed E-state index contributed by atoms with van der Waals surface area (Å²) in [6.45, 7) is 0. The van der Waals surface area contributed by atoms with Gasteiger partial charge in [-0.1, -0.05) is 6.07 Å². The Morgan fingerprint density at radius 3 is 2.92 bits per heavy atom. The lowest BCUT2D eigenvalue weighted by Gasteiger charge is -2.01. The highest BCUT2D eigenvalue weighted by Gasteiger charge is 2.08. The summed E-state index contributed by atoms with van der Waals surface area (Å²) in [6.07, 6.45) is 1.94. The number of fused-ring (bicyclic) bond motifs is 1. The highest BCUT2D eigenvalue weighted by Crippen LogP contribution is 2.40. The van der Waals surface area contributed by atoms with Gasteiger partial charge in [-0.3, -0.25) is 0 Å². The maximum atomic E-state index is 9.80. The second kappa shape index (κ2) is 3.12. The van der Waals surface area contributed by atoms with Gasteiger partial charge in [-0.05, 0) is 12.3 Å². The van der Waals surface area contributed by atoms with Crippen LogP contribution in [0.5, 0.6) is 5.75 Å². The van der Waals surface area contributed by atoms with Crippen molar-refractivity contribution in [2.75, 3.05) is 12.0 Å². The van der Waals surface area contributed by atoms with Gasteiger partial charge in [0.15, 0.2) is 0 Å². The van der Waals surface area contributed by atoms with Crippen molar-refractivity contribution >= 4 is 38.9 Å². The Hall–Kier alpha value is -0.870. The van der Waals surface area contributed by atoms with Crippen LogP contribution in [0.3, 0.4) is 0 Å². The van der Waals surface area contributed by atoms with Gasteiger partial charge >= 0.3 is 0 Å². The second-order valence-corrected chi connectivity index (χ2v) is 4.41. The number of nitrogen functional groups attached to an aromatic ring is 1. The van der Waals surface area contributed by atoms with E-state index in [2.05, 4.69) is 0 Å². The van der Waals surface area contributed by atoms with Crippen LogP contribution in [-0.2, 0) is 0 Å². The Morgan fingerprint density at radius 1 is 1.46 bits per heavy atom. The third-order valence-electron chi connectivity index (χ3n) is 1.93. The smallest absolute Gasteiger partial charge is 0.146 e. The Kier molecular flexibility index (Phi) is 2.09. The number of thioether (sulfide) groups is 1. The second-order valence-electron chi connectivity index (χ2n) is 2.68. The molecule has 0 aliphatic rings. The topological polar surface area (TPSA) is 46.2 Å². The fraction of sp³-hybridized carbons (Fsp3) is 0.111. The first-order chi connectivity index (χ1) is 6.24. The summed E-state index contributed by atoms with van der Waals surface area (Å²) in [4.78, 5) is 0.898. The molecule has 0 bridgehead atoms. The molecule has 2 aromatic rings. The average Bonchev–Trinajstić information content (AvgIpc) is 2.50. The molecular formula is C9H9NOS2. The van der Waals surface area contributed by atoms with Gasteiger partial charge in [-0.25, -0.2) is 0 Å². The summed E-state index contributed by atoms with van der Waals surface area (Å²) < 4.78 is 0.879. The van der Waals surface area contributed by atoms with Crippen LogP contribution < -0.4 is 5.73 Å². The van der Waals surface area contributed by atoms with Gasteiger partial charge in [0.2, 0.25) is 0 Å². The standard InChI is InChI=1S/C9H9NOS2/c1-12-7-3-2-5-6(10)4-13-9(5)8(7)11/h2-4,11H,10H2,1H3. The summed E-state index contributed by atoms with van der Waals surface area (Å²) in [5, 5.41) is 12.6. The SMILES string of the molecule is CSc1ccc2c(N)csc2c1O. The van der Waals surface area contributed by atoms with E-state index in [0.717, 1.165) is 20.7 Å². The van der Waals surface area contributed by atoms with Crippen LogP contribution in [0.2, 0.25) is 0 Å². The molecule has 0 unspecified atom stereocenters. The molecule has 3 N–H and O–H groups in total. The van der Waals surface area contributed by atoms with Crippen molar-refractivity contribution in [1.29, 1.82) is 0 Å². The minimum atomic E-state index is 0.353. The Bertz CT molecular complexity index is 450. The summed E-state index contributed by atoms with van der Waals surface area (Å²) in [5.41, 5.74) is 6.47. The van der Waals surface area contributed by atoms with E-state index >= 15 is 0 Å². The molecule has 2 rings (SSSR count). The lowest BCUT2D eigenvalue weighted by atomic mass is 10.2. The van der Waals surface area contributed by atoms with Gasteiger partial charge in [0.05, 0.1) is 15.3 Å².